The normalized spacial score (nSPS) is 43.6. The minimum atomic E-state index is 0.318. The van der Waals surface area contributed by atoms with Crippen molar-refractivity contribution in [3.8, 4) is 0 Å². The molecule has 0 aromatic rings. The van der Waals surface area contributed by atoms with Crippen LogP contribution in [0.3, 0.4) is 0 Å². The molecule has 0 aliphatic heterocycles. The number of ketones is 1. The molecule has 0 spiro atoms. The zero-order valence-corrected chi connectivity index (χ0v) is 19.7. The summed E-state index contributed by atoms with van der Waals surface area (Å²) in [7, 11) is 0. The number of hydrogen-bond donors (Lipinski definition) is 0. The molecule has 0 unspecified atom stereocenters. The van der Waals surface area contributed by atoms with Gasteiger partial charge in [-0.05, 0) is 117 Å². The molecule has 0 radical (unpaired) electrons. The molecule has 1 heteroatoms. The summed E-state index contributed by atoms with van der Waals surface area (Å²) in [6.45, 7) is 16.4. The molecule has 0 aromatic carbocycles. The van der Waals surface area contributed by atoms with Gasteiger partial charge < -0.3 is 0 Å². The highest BCUT2D eigenvalue weighted by Gasteiger charge is 2.59. The van der Waals surface area contributed by atoms with Crippen molar-refractivity contribution >= 4 is 5.78 Å². The second-order valence-electron chi connectivity index (χ2n) is 12.0. The molecule has 4 aliphatic rings. The summed E-state index contributed by atoms with van der Waals surface area (Å²) in [5.41, 5.74) is 3.72. The maximum absolute atomic E-state index is 12.0. The molecule has 4 rings (SSSR count). The lowest BCUT2D eigenvalue weighted by Crippen LogP contribution is -2.51. The Hall–Kier alpha value is -0.850. The van der Waals surface area contributed by atoms with Gasteiger partial charge in [-0.3, -0.25) is 4.79 Å². The lowest BCUT2D eigenvalue weighted by atomic mass is 9.46. The predicted molar refractivity (Wildman–Crippen MR) is 123 cm³/mol. The average Bonchev–Trinajstić information content (AvgIpc) is 3.03. The summed E-state index contributed by atoms with van der Waals surface area (Å²) < 4.78 is 0. The minimum absolute atomic E-state index is 0.318. The zero-order valence-electron chi connectivity index (χ0n) is 19.7. The van der Waals surface area contributed by atoms with E-state index in [-0.39, 0.29) is 0 Å². The second kappa shape index (κ2) is 7.69. The summed E-state index contributed by atoms with van der Waals surface area (Å²) in [4.78, 5) is 12.0. The topological polar surface area (TPSA) is 17.1 Å². The summed E-state index contributed by atoms with van der Waals surface area (Å²) >= 11 is 0. The van der Waals surface area contributed by atoms with Crippen molar-refractivity contribution in [1.29, 1.82) is 0 Å². The van der Waals surface area contributed by atoms with Crippen molar-refractivity contribution < 1.29 is 4.79 Å². The monoisotopic (exact) mass is 396 g/mol. The molecular formula is C28H44O. The van der Waals surface area contributed by atoms with E-state index in [1.807, 2.05) is 0 Å². The first-order valence-corrected chi connectivity index (χ1v) is 12.6. The largest absolute Gasteiger partial charge is 0.295 e. The van der Waals surface area contributed by atoms with Crippen LogP contribution in [0, 0.1) is 46.3 Å². The van der Waals surface area contributed by atoms with E-state index in [2.05, 4.69) is 47.3 Å². The van der Waals surface area contributed by atoms with E-state index in [1.165, 1.54) is 62.5 Å². The molecule has 29 heavy (non-hydrogen) atoms. The van der Waals surface area contributed by atoms with Crippen LogP contribution < -0.4 is 0 Å². The smallest absolute Gasteiger partial charge is 0.155 e. The summed E-state index contributed by atoms with van der Waals surface area (Å²) in [5, 5.41) is 0. The van der Waals surface area contributed by atoms with Crippen LogP contribution in [0.5, 0.6) is 0 Å². The summed E-state index contributed by atoms with van der Waals surface area (Å²) in [6.07, 6.45) is 14.9. The Balaban J connectivity index is 1.49. The minimum Gasteiger partial charge on any atom is -0.295 e. The molecule has 0 bridgehead atoms. The van der Waals surface area contributed by atoms with E-state index >= 15 is 0 Å². The molecule has 162 valence electrons. The fraction of sp³-hybridized carbons (Fsp3) is 0.821. The molecule has 0 saturated heterocycles. The fourth-order valence-corrected chi connectivity index (χ4v) is 8.50. The Labute approximate surface area is 179 Å². The lowest BCUT2D eigenvalue weighted by molar-refractivity contribution is -0.117. The molecule has 3 fully saturated rings. The number of hydrogen-bond acceptors (Lipinski definition) is 1. The van der Waals surface area contributed by atoms with E-state index in [0.29, 0.717) is 22.5 Å². The van der Waals surface area contributed by atoms with E-state index in [0.717, 1.165) is 42.4 Å². The highest BCUT2D eigenvalue weighted by molar-refractivity contribution is 5.91. The van der Waals surface area contributed by atoms with Crippen molar-refractivity contribution in [2.45, 2.75) is 98.8 Å². The Morgan fingerprint density at radius 1 is 1.07 bits per heavy atom. The van der Waals surface area contributed by atoms with Gasteiger partial charge in [0.1, 0.15) is 0 Å². The van der Waals surface area contributed by atoms with Gasteiger partial charge in [0.25, 0.3) is 0 Å². The molecule has 1 nitrogen and oxygen atoms in total. The van der Waals surface area contributed by atoms with Crippen LogP contribution in [0.15, 0.2) is 23.8 Å². The van der Waals surface area contributed by atoms with Gasteiger partial charge in [0, 0.05) is 6.42 Å². The van der Waals surface area contributed by atoms with E-state index in [9.17, 15) is 4.79 Å². The van der Waals surface area contributed by atoms with E-state index in [4.69, 9.17) is 0 Å². The van der Waals surface area contributed by atoms with Crippen LogP contribution in [0.25, 0.3) is 0 Å². The molecule has 0 aromatic heterocycles. The maximum Gasteiger partial charge on any atom is 0.155 e. The quantitative estimate of drug-likeness (QED) is 0.434. The Morgan fingerprint density at radius 3 is 2.55 bits per heavy atom. The van der Waals surface area contributed by atoms with Crippen molar-refractivity contribution in [2.24, 2.45) is 46.3 Å². The number of carbonyl (C=O) groups is 1. The van der Waals surface area contributed by atoms with Gasteiger partial charge in [-0.2, -0.15) is 0 Å². The van der Waals surface area contributed by atoms with Gasteiger partial charge in [0.2, 0.25) is 0 Å². The van der Waals surface area contributed by atoms with Gasteiger partial charge in [-0.25, -0.2) is 0 Å². The third kappa shape index (κ3) is 3.49. The maximum atomic E-state index is 12.0. The molecule has 0 heterocycles. The van der Waals surface area contributed by atoms with Gasteiger partial charge in [0.05, 0.1) is 0 Å². The molecule has 4 aliphatic carbocycles. The van der Waals surface area contributed by atoms with Gasteiger partial charge in [-0.1, -0.05) is 45.4 Å². The van der Waals surface area contributed by atoms with Crippen LogP contribution >= 0.6 is 0 Å². The summed E-state index contributed by atoms with van der Waals surface area (Å²) in [5.74, 6) is 5.44. The molecular weight excluding hydrogens is 352 g/mol. The van der Waals surface area contributed by atoms with Crippen molar-refractivity contribution in [2.75, 3.05) is 0 Å². The molecule has 0 N–H and O–H groups in total. The second-order valence-corrected chi connectivity index (χ2v) is 12.0. The average molecular weight is 397 g/mol. The first-order chi connectivity index (χ1) is 13.7. The third-order valence-electron chi connectivity index (χ3n) is 10.6. The highest BCUT2D eigenvalue weighted by atomic mass is 16.1. The van der Waals surface area contributed by atoms with Gasteiger partial charge in [0.15, 0.2) is 5.78 Å². The molecule has 0 amide bonds. The lowest BCUT2D eigenvalue weighted by Gasteiger charge is -2.58. The number of fused-ring (bicyclic) bond motifs is 5. The highest BCUT2D eigenvalue weighted by Crippen LogP contribution is 2.67. The number of carbonyl (C=O) groups excluding carboxylic acids is 1. The molecule has 8 atom stereocenters. The van der Waals surface area contributed by atoms with Crippen molar-refractivity contribution in [3.63, 3.8) is 0 Å². The first-order valence-electron chi connectivity index (χ1n) is 12.6. The third-order valence-corrected chi connectivity index (χ3v) is 10.6. The SMILES string of the molecule is C=C(C)[C@@H](C)CC[C@@H](C)[C@H]1CC[C@H]2[C@@H]3CCC4=CC(=O)CC[C@]4(C)[C@H]3CC[C@]12C. The first kappa shape index (κ1) is 21.4. The van der Waals surface area contributed by atoms with Crippen molar-refractivity contribution in [1.82, 2.24) is 0 Å². The van der Waals surface area contributed by atoms with Crippen LogP contribution in [0.2, 0.25) is 0 Å². The summed E-state index contributed by atoms with van der Waals surface area (Å²) in [6, 6.07) is 0. The van der Waals surface area contributed by atoms with Crippen LogP contribution in [0.1, 0.15) is 98.8 Å². The molecule has 3 saturated carbocycles. The predicted octanol–water partition coefficient (Wildman–Crippen LogP) is 7.76. The Kier molecular flexibility index (Phi) is 5.67. The van der Waals surface area contributed by atoms with Crippen LogP contribution in [-0.4, -0.2) is 5.78 Å². The standard InChI is InChI=1S/C28H44O/c1-18(2)19(3)7-8-20(4)24-11-12-25-23-10-9-21-17-22(29)13-15-27(21,5)26(23)14-16-28(24,25)6/h17,19-20,23-26H,1,7-16H2,2-6H3/t19-,20+,23-,24+,25-,26-,27-,28+/m0/s1. The van der Waals surface area contributed by atoms with E-state index < -0.39 is 0 Å². The number of allylic oxidation sites excluding steroid dienone is 2. The van der Waals surface area contributed by atoms with Gasteiger partial charge in [-0.15, -0.1) is 0 Å². The van der Waals surface area contributed by atoms with Crippen LogP contribution in [-0.2, 0) is 4.79 Å². The fourth-order valence-electron chi connectivity index (χ4n) is 8.50. The Bertz CT molecular complexity index is 701. The Morgan fingerprint density at radius 2 is 1.83 bits per heavy atom. The zero-order chi connectivity index (χ0) is 21.0. The van der Waals surface area contributed by atoms with E-state index in [1.54, 1.807) is 0 Å². The van der Waals surface area contributed by atoms with Crippen LogP contribution in [0.4, 0.5) is 0 Å². The van der Waals surface area contributed by atoms with Crippen molar-refractivity contribution in [3.05, 3.63) is 23.8 Å². The number of rotatable bonds is 5. The van der Waals surface area contributed by atoms with Gasteiger partial charge >= 0.3 is 0 Å².